The van der Waals surface area contributed by atoms with E-state index in [9.17, 15) is 9.59 Å². The van der Waals surface area contributed by atoms with E-state index >= 15 is 0 Å². The van der Waals surface area contributed by atoms with Crippen LogP contribution in [0.3, 0.4) is 0 Å². The average molecular weight is 327 g/mol. The Bertz CT molecular complexity index is 672. The zero-order valence-electron chi connectivity index (χ0n) is 13.5. The second-order valence-corrected chi connectivity index (χ2v) is 5.96. The predicted molar refractivity (Wildman–Crippen MR) is 87.6 cm³/mol. The highest BCUT2D eigenvalue weighted by molar-refractivity contribution is 5.89. The van der Waals surface area contributed by atoms with E-state index < -0.39 is 0 Å². The number of carbonyl (C=O) groups excluding carboxylic acids is 2. The number of nitrogens with one attached hydrogen (secondary N) is 1. The molecule has 1 saturated heterocycles. The molecule has 2 aromatic rings. The fraction of sp³-hybridized carbons (Fsp3) is 0.412. The molecule has 2 heterocycles. The van der Waals surface area contributed by atoms with Crippen LogP contribution in [0.25, 0.3) is 0 Å². The van der Waals surface area contributed by atoms with Crippen LogP contribution in [0.5, 0.6) is 0 Å². The SMILES string of the molecule is O=C(NCCCn1cncn1)[C@H]1CC(=O)N(Cc2ccccc2)C1. The number of likely N-dealkylation sites (tertiary alicyclic amines) is 1. The minimum atomic E-state index is -0.257. The van der Waals surface area contributed by atoms with Gasteiger partial charge >= 0.3 is 0 Å². The Morgan fingerprint density at radius 1 is 1.29 bits per heavy atom. The van der Waals surface area contributed by atoms with E-state index in [1.54, 1.807) is 15.9 Å². The van der Waals surface area contributed by atoms with E-state index in [0.717, 1.165) is 12.0 Å². The number of hydrogen-bond donors (Lipinski definition) is 1. The Labute approximate surface area is 140 Å². The third-order valence-corrected chi connectivity index (χ3v) is 4.13. The van der Waals surface area contributed by atoms with E-state index in [0.29, 0.717) is 32.6 Å². The van der Waals surface area contributed by atoms with Gasteiger partial charge in [0, 0.05) is 32.6 Å². The van der Waals surface area contributed by atoms with Gasteiger partial charge in [-0.2, -0.15) is 5.10 Å². The van der Waals surface area contributed by atoms with Gasteiger partial charge in [0.05, 0.1) is 5.92 Å². The highest BCUT2D eigenvalue weighted by atomic mass is 16.2. The van der Waals surface area contributed by atoms with Gasteiger partial charge in [-0.25, -0.2) is 4.98 Å². The van der Waals surface area contributed by atoms with E-state index in [2.05, 4.69) is 15.4 Å². The average Bonchev–Trinajstić information content (AvgIpc) is 3.23. The molecule has 24 heavy (non-hydrogen) atoms. The Morgan fingerprint density at radius 2 is 2.12 bits per heavy atom. The van der Waals surface area contributed by atoms with Crippen molar-refractivity contribution < 1.29 is 9.59 Å². The van der Waals surface area contributed by atoms with Crippen molar-refractivity contribution in [1.29, 1.82) is 0 Å². The zero-order valence-corrected chi connectivity index (χ0v) is 13.5. The smallest absolute Gasteiger partial charge is 0.225 e. The second kappa shape index (κ2) is 7.72. The van der Waals surface area contributed by atoms with Gasteiger partial charge < -0.3 is 10.2 Å². The van der Waals surface area contributed by atoms with Crippen LogP contribution in [-0.2, 0) is 22.7 Å². The van der Waals surface area contributed by atoms with Crippen molar-refractivity contribution >= 4 is 11.8 Å². The van der Waals surface area contributed by atoms with Crippen molar-refractivity contribution in [1.82, 2.24) is 25.0 Å². The van der Waals surface area contributed by atoms with Crippen molar-refractivity contribution in [2.75, 3.05) is 13.1 Å². The van der Waals surface area contributed by atoms with Gasteiger partial charge in [-0.05, 0) is 12.0 Å². The van der Waals surface area contributed by atoms with Crippen LogP contribution in [0.15, 0.2) is 43.0 Å². The summed E-state index contributed by atoms with van der Waals surface area (Å²) < 4.78 is 1.73. The van der Waals surface area contributed by atoms with Crippen LogP contribution < -0.4 is 5.32 Å². The first-order valence-corrected chi connectivity index (χ1v) is 8.14. The Hall–Kier alpha value is -2.70. The molecule has 1 aromatic carbocycles. The maximum atomic E-state index is 12.2. The molecule has 1 fully saturated rings. The van der Waals surface area contributed by atoms with Crippen LogP contribution in [-0.4, -0.2) is 44.6 Å². The van der Waals surface area contributed by atoms with Gasteiger partial charge in [0.1, 0.15) is 12.7 Å². The number of aryl methyl sites for hydroxylation is 1. The number of aromatic nitrogens is 3. The summed E-state index contributed by atoms with van der Waals surface area (Å²) in [5.74, 6) is -0.258. The number of rotatable bonds is 7. The number of carbonyl (C=O) groups is 2. The molecule has 0 spiro atoms. The molecule has 0 saturated carbocycles. The third kappa shape index (κ3) is 4.18. The van der Waals surface area contributed by atoms with E-state index in [4.69, 9.17) is 0 Å². The molecule has 7 nitrogen and oxygen atoms in total. The van der Waals surface area contributed by atoms with Crippen LogP contribution in [0.4, 0.5) is 0 Å². The van der Waals surface area contributed by atoms with Gasteiger partial charge in [0.25, 0.3) is 0 Å². The molecule has 0 unspecified atom stereocenters. The van der Waals surface area contributed by atoms with Crippen molar-refractivity contribution in [2.45, 2.75) is 25.9 Å². The van der Waals surface area contributed by atoms with Crippen molar-refractivity contribution in [2.24, 2.45) is 5.92 Å². The monoisotopic (exact) mass is 327 g/mol. The second-order valence-electron chi connectivity index (χ2n) is 5.96. The quantitative estimate of drug-likeness (QED) is 0.764. The Morgan fingerprint density at radius 3 is 2.88 bits per heavy atom. The van der Waals surface area contributed by atoms with E-state index in [1.165, 1.54) is 6.33 Å². The number of nitrogens with zero attached hydrogens (tertiary/aromatic N) is 4. The lowest BCUT2D eigenvalue weighted by Crippen LogP contribution is -2.33. The van der Waals surface area contributed by atoms with Gasteiger partial charge in [0.2, 0.25) is 11.8 Å². The summed E-state index contributed by atoms with van der Waals surface area (Å²) in [7, 11) is 0. The minimum absolute atomic E-state index is 0.0432. The highest BCUT2D eigenvalue weighted by Crippen LogP contribution is 2.20. The van der Waals surface area contributed by atoms with Gasteiger partial charge in [0.15, 0.2) is 0 Å². The summed E-state index contributed by atoms with van der Waals surface area (Å²) >= 11 is 0. The lowest BCUT2D eigenvalue weighted by molar-refractivity contribution is -0.129. The fourth-order valence-corrected chi connectivity index (χ4v) is 2.85. The molecule has 0 bridgehead atoms. The Kier molecular flexibility index (Phi) is 5.20. The maximum absolute atomic E-state index is 12.2. The lowest BCUT2D eigenvalue weighted by atomic mass is 10.1. The lowest BCUT2D eigenvalue weighted by Gasteiger charge is -2.16. The first-order chi connectivity index (χ1) is 11.7. The topological polar surface area (TPSA) is 80.1 Å². The fourth-order valence-electron chi connectivity index (χ4n) is 2.85. The molecule has 3 rings (SSSR count). The molecule has 7 heteroatoms. The summed E-state index contributed by atoms with van der Waals surface area (Å²) in [4.78, 5) is 30.0. The van der Waals surface area contributed by atoms with Crippen LogP contribution in [0.2, 0.25) is 0 Å². The summed E-state index contributed by atoms with van der Waals surface area (Å²) in [6, 6.07) is 9.84. The van der Waals surface area contributed by atoms with E-state index in [1.807, 2.05) is 30.3 Å². The molecule has 0 radical (unpaired) electrons. The highest BCUT2D eigenvalue weighted by Gasteiger charge is 2.33. The van der Waals surface area contributed by atoms with Crippen LogP contribution in [0.1, 0.15) is 18.4 Å². The molecule has 1 N–H and O–H groups in total. The zero-order chi connectivity index (χ0) is 16.8. The first kappa shape index (κ1) is 16.2. The molecule has 0 aliphatic carbocycles. The summed E-state index contributed by atoms with van der Waals surface area (Å²) in [5, 5.41) is 6.92. The molecule has 1 aliphatic rings. The van der Waals surface area contributed by atoms with Crippen LogP contribution >= 0.6 is 0 Å². The van der Waals surface area contributed by atoms with E-state index in [-0.39, 0.29) is 17.7 Å². The normalized spacial score (nSPS) is 17.2. The van der Waals surface area contributed by atoms with Crippen molar-refractivity contribution in [3.8, 4) is 0 Å². The number of amides is 2. The molecule has 1 aromatic heterocycles. The molecule has 1 atom stereocenters. The van der Waals surface area contributed by atoms with Crippen molar-refractivity contribution in [3.05, 3.63) is 48.5 Å². The first-order valence-electron chi connectivity index (χ1n) is 8.14. The van der Waals surface area contributed by atoms with Gasteiger partial charge in [-0.1, -0.05) is 30.3 Å². The summed E-state index contributed by atoms with van der Waals surface area (Å²) in [6.07, 6.45) is 4.22. The number of benzene rings is 1. The maximum Gasteiger partial charge on any atom is 0.225 e. The predicted octanol–water partition coefficient (Wildman–Crippen LogP) is 0.833. The van der Waals surface area contributed by atoms with Crippen LogP contribution in [0, 0.1) is 5.92 Å². The summed E-state index contributed by atoms with van der Waals surface area (Å²) in [6.45, 7) is 2.34. The van der Waals surface area contributed by atoms with Gasteiger partial charge in [-0.3, -0.25) is 14.3 Å². The minimum Gasteiger partial charge on any atom is -0.356 e. The molecular weight excluding hydrogens is 306 g/mol. The molecule has 2 amide bonds. The molecule has 126 valence electrons. The molecule has 1 aliphatic heterocycles. The standard InChI is InChI=1S/C17H21N5O2/c23-16-9-15(11-21(16)10-14-5-2-1-3-6-14)17(24)19-7-4-8-22-13-18-12-20-22/h1-3,5-6,12-13,15H,4,7-11H2,(H,19,24)/t15-/m0/s1. The summed E-state index contributed by atoms with van der Waals surface area (Å²) in [5.41, 5.74) is 1.08. The molecular formula is C17H21N5O2. The van der Waals surface area contributed by atoms with Gasteiger partial charge in [-0.15, -0.1) is 0 Å². The third-order valence-electron chi connectivity index (χ3n) is 4.13. The largest absolute Gasteiger partial charge is 0.356 e. The number of hydrogen-bond acceptors (Lipinski definition) is 4. The Balaban J connectivity index is 1.42. The van der Waals surface area contributed by atoms with Crippen molar-refractivity contribution in [3.63, 3.8) is 0 Å².